The fourth-order valence-corrected chi connectivity index (χ4v) is 2.29. The van der Waals surface area contributed by atoms with E-state index in [4.69, 9.17) is 4.74 Å². The summed E-state index contributed by atoms with van der Waals surface area (Å²) in [4.78, 5) is 0. The Bertz CT molecular complexity index is 374. The summed E-state index contributed by atoms with van der Waals surface area (Å²) in [5.41, 5.74) is 0.241. The number of alkyl halides is 3. The van der Waals surface area contributed by atoms with Gasteiger partial charge >= 0.3 is 6.18 Å². The number of rotatable bonds is 4. The van der Waals surface area contributed by atoms with Crippen molar-refractivity contribution >= 4 is 0 Å². The zero-order valence-electron chi connectivity index (χ0n) is 10.6. The molecular weight excluding hydrogens is 255 g/mol. The van der Waals surface area contributed by atoms with Gasteiger partial charge in [0, 0.05) is 13.2 Å². The highest BCUT2D eigenvalue weighted by Crippen LogP contribution is 2.32. The van der Waals surface area contributed by atoms with Crippen LogP contribution in [0.15, 0.2) is 30.3 Å². The molecule has 1 aromatic carbocycles. The molecule has 0 amide bonds. The zero-order valence-corrected chi connectivity index (χ0v) is 10.6. The van der Waals surface area contributed by atoms with Gasteiger partial charge in [0.05, 0.1) is 6.10 Å². The smallest absolute Gasteiger partial charge is 0.377 e. The molecule has 0 spiro atoms. The van der Waals surface area contributed by atoms with Gasteiger partial charge in [-0.25, -0.2) is 0 Å². The normalized spacial score (nSPS) is 22.2. The van der Waals surface area contributed by atoms with Crippen molar-refractivity contribution in [2.75, 3.05) is 13.2 Å². The van der Waals surface area contributed by atoms with Gasteiger partial charge in [0.25, 0.3) is 0 Å². The van der Waals surface area contributed by atoms with Crippen LogP contribution in [-0.2, 0) is 4.74 Å². The summed E-state index contributed by atoms with van der Waals surface area (Å²) in [5, 5.41) is 2.60. The van der Waals surface area contributed by atoms with Gasteiger partial charge in [-0.05, 0) is 24.8 Å². The standard InChI is InChI=1S/C14H18F3NO/c15-14(16,17)13(11-6-2-1-3-7-11)18-10-12-8-4-5-9-19-12/h1-3,6-7,12-13,18H,4-5,8-10H2. The Morgan fingerprint density at radius 2 is 1.95 bits per heavy atom. The molecule has 2 unspecified atom stereocenters. The lowest BCUT2D eigenvalue weighted by Gasteiger charge is -2.27. The Morgan fingerprint density at radius 3 is 2.53 bits per heavy atom. The minimum atomic E-state index is -4.30. The fourth-order valence-electron chi connectivity index (χ4n) is 2.29. The first-order chi connectivity index (χ1) is 9.07. The number of nitrogens with one attached hydrogen (secondary N) is 1. The van der Waals surface area contributed by atoms with Crippen LogP contribution in [0.5, 0.6) is 0 Å². The molecule has 2 atom stereocenters. The Labute approximate surface area is 111 Å². The van der Waals surface area contributed by atoms with Crippen LogP contribution in [0.4, 0.5) is 13.2 Å². The van der Waals surface area contributed by atoms with E-state index in [0.29, 0.717) is 6.61 Å². The maximum atomic E-state index is 13.1. The molecule has 106 valence electrons. The summed E-state index contributed by atoms with van der Waals surface area (Å²) in [6.07, 6.45) is -1.56. The number of hydrogen-bond donors (Lipinski definition) is 1. The van der Waals surface area contributed by atoms with Crippen LogP contribution in [-0.4, -0.2) is 25.4 Å². The van der Waals surface area contributed by atoms with Crippen LogP contribution in [0.1, 0.15) is 30.9 Å². The van der Waals surface area contributed by atoms with Gasteiger partial charge in [-0.15, -0.1) is 0 Å². The molecular formula is C14H18F3NO. The predicted octanol–water partition coefficient (Wildman–Crippen LogP) is 3.45. The van der Waals surface area contributed by atoms with Gasteiger partial charge < -0.3 is 4.74 Å². The lowest BCUT2D eigenvalue weighted by molar-refractivity contribution is -0.159. The van der Waals surface area contributed by atoms with E-state index in [1.807, 2.05) is 0 Å². The Balaban J connectivity index is 1.99. The summed E-state index contributed by atoms with van der Waals surface area (Å²) in [7, 11) is 0. The first-order valence-corrected chi connectivity index (χ1v) is 6.54. The molecule has 1 aromatic rings. The van der Waals surface area contributed by atoms with Crippen molar-refractivity contribution in [3.63, 3.8) is 0 Å². The van der Waals surface area contributed by atoms with E-state index in [0.717, 1.165) is 19.3 Å². The van der Waals surface area contributed by atoms with E-state index in [9.17, 15) is 13.2 Å². The topological polar surface area (TPSA) is 21.3 Å². The highest BCUT2D eigenvalue weighted by Gasteiger charge is 2.40. The third kappa shape index (κ3) is 4.21. The summed E-state index contributed by atoms with van der Waals surface area (Å²) in [5.74, 6) is 0. The van der Waals surface area contributed by atoms with E-state index < -0.39 is 12.2 Å². The van der Waals surface area contributed by atoms with Gasteiger partial charge in [-0.1, -0.05) is 30.3 Å². The van der Waals surface area contributed by atoms with Gasteiger partial charge in [-0.2, -0.15) is 13.2 Å². The van der Waals surface area contributed by atoms with E-state index in [-0.39, 0.29) is 18.2 Å². The van der Waals surface area contributed by atoms with Crippen LogP contribution in [0.2, 0.25) is 0 Å². The van der Waals surface area contributed by atoms with Crippen LogP contribution in [0.3, 0.4) is 0 Å². The van der Waals surface area contributed by atoms with Crippen molar-refractivity contribution in [2.45, 2.75) is 37.6 Å². The van der Waals surface area contributed by atoms with Gasteiger partial charge in [0.15, 0.2) is 0 Å². The lowest BCUT2D eigenvalue weighted by Crippen LogP contribution is -2.40. The molecule has 1 N–H and O–H groups in total. The minimum absolute atomic E-state index is 0.109. The second-order valence-corrected chi connectivity index (χ2v) is 4.78. The number of benzene rings is 1. The third-order valence-electron chi connectivity index (χ3n) is 3.28. The van der Waals surface area contributed by atoms with Crippen molar-refractivity contribution < 1.29 is 17.9 Å². The first-order valence-electron chi connectivity index (χ1n) is 6.54. The lowest BCUT2D eigenvalue weighted by atomic mass is 10.0. The molecule has 1 heterocycles. The summed E-state index contributed by atoms with van der Waals surface area (Å²) >= 11 is 0. The van der Waals surface area contributed by atoms with Crippen molar-refractivity contribution in [3.05, 3.63) is 35.9 Å². The van der Waals surface area contributed by atoms with Gasteiger partial charge in [0.2, 0.25) is 0 Å². The average Bonchev–Trinajstić information content (AvgIpc) is 2.40. The first kappa shape index (κ1) is 14.3. The molecule has 2 nitrogen and oxygen atoms in total. The quantitative estimate of drug-likeness (QED) is 0.907. The van der Waals surface area contributed by atoms with E-state index in [1.165, 1.54) is 12.1 Å². The van der Waals surface area contributed by atoms with Crippen LogP contribution in [0, 0.1) is 0 Å². The maximum absolute atomic E-state index is 13.1. The highest BCUT2D eigenvalue weighted by atomic mass is 19.4. The molecule has 5 heteroatoms. The molecule has 0 aliphatic carbocycles. The minimum Gasteiger partial charge on any atom is -0.377 e. The van der Waals surface area contributed by atoms with Crippen LogP contribution in [0.25, 0.3) is 0 Å². The molecule has 0 aromatic heterocycles. The predicted molar refractivity (Wildman–Crippen MR) is 66.8 cm³/mol. The zero-order chi connectivity index (χ0) is 13.7. The van der Waals surface area contributed by atoms with Crippen molar-refractivity contribution in [2.24, 2.45) is 0 Å². The summed E-state index contributed by atoms with van der Waals surface area (Å²) < 4.78 is 44.6. The number of hydrogen-bond acceptors (Lipinski definition) is 2. The van der Waals surface area contributed by atoms with E-state index in [2.05, 4.69) is 5.32 Å². The Kier molecular flexibility index (Phi) is 4.82. The Hall–Kier alpha value is -1.07. The molecule has 1 saturated heterocycles. The molecule has 19 heavy (non-hydrogen) atoms. The van der Waals surface area contributed by atoms with Crippen LogP contribution >= 0.6 is 0 Å². The van der Waals surface area contributed by atoms with E-state index >= 15 is 0 Å². The Morgan fingerprint density at radius 1 is 1.21 bits per heavy atom. The molecule has 1 aliphatic heterocycles. The fraction of sp³-hybridized carbons (Fsp3) is 0.571. The SMILES string of the molecule is FC(F)(F)C(NCC1CCCCO1)c1ccccc1. The number of halogens is 3. The second kappa shape index (κ2) is 6.39. The molecule has 0 radical (unpaired) electrons. The largest absolute Gasteiger partial charge is 0.407 e. The highest BCUT2D eigenvalue weighted by molar-refractivity contribution is 5.20. The monoisotopic (exact) mass is 273 g/mol. The van der Waals surface area contributed by atoms with Crippen LogP contribution < -0.4 is 5.32 Å². The molecule has 0 bridgehead atoms. The van der Waals surface area contributed by atoms with Crippen molar-refractivity contribution in [3.8, 4) is 0 Å². The average molecular weight is 273 g/mol. The molecule has 1 fully saturated rings. The van der Waals surface area contributed by atoms with E-state index in [1.54, 1.807) is 18.2 Å². The summed E-state index contributed by atoms with van der Waals surface area (Å²) in [6.45, 7) is 0.882. The molecule has 2 rings (SSSR count). The van der Waals surface area contributed by atoms with Crippen molar-refractivity contribution in [1.29, 1.82) is 0 Å². The number of ether oxygens (including phenoxy) is 1. The maximum Gasteiger partial charge on any atom is 0.407 e. The third-order valence-corrected chi connectivity index (χ3v) is 3.28. The van der Waals surface area contributed by atoms with Gasteiger partial charge in [0.1, 0.15) is 6.04 Å². The summed E-state index contributed by atoms with van der Waals surface area (Å²) in [6, 6.07) is 6.31. The molecule has 1 aliphatic rings. The van der Waals surface area contributed by atoms with Crippen molar-refractivity contribution in [1.82, 2.24) is 5.32 Å². The second-order valence-electron chi connectivity index (χ2n) is 4.78. The molecule has 0 saturated carbocycles. The van der Waals surface area contributed by atoms with Gasteiger partial charge in [-0.3, -0.25) is 5.32 Å².